The Kier molecular flexibility index (Phi) is 5.17. The maximum Gasteiger partial charge on any atom is 0.323 e. The van der Waals surface area contributed by atoms with E-state index < -0.39 is 0 Å². The Labute approximate surface area is 126 Å². The predicted molar refractivity (Wildman–Crippen MR) is 84.0 cm³/mol. The fourth-order valence-corrected chi connectivity index (χ4v) is 2.54. The van der Waals surface area contributed by atoms with E-state index in [2.05, 4.69) is 37.1 Å². The first-order chi connectivity index (χ1) is 9.97. The third-order valence-corrected chi connectivity index (χ3v) is 3.53. The smallest absolute Gasteiger partial charge is 0.323 e. The van der Waals surface area contributed by atoms with Crippen molar-refractivity contribution in [3.05, 3.63) is 0 Å². The molecule has 1 aliphatic heterocycles. The van der Waals surface area contributed by atoms with Gasteiger partial charge in [0.15, 0.2) is 0 Å². The minimum Gasteiger partial charge on any atom is -0.461 e. The van der Waals surface area contributed by atoms with Crippen LogP contribution >= 0.6 is 0 Å². The molecule has 0 aliphatic carbocycles. The highest BCUT2D eigenvalue weighted by atomic mass is 16.5. The second-order valence-electron chi connectivity index (χ2n) is 5.96. The molecule has 1 aliphatic rings. The lowest BCUT2D eigenvalue weighted by Crippen LogP contribution is -2.29. The van der Waals surface area contributed by atoms with E-state index >= 15 is 0 Å². The van der Waals surface area contributed by atoms with Crippen LogP contribution in [0.4, 0.5) is 11.9 Å². The number of hydrogen-bond acceptors (Lipinski definition) is 7. The second kappa shape index (κ2) is 6.89. The molecule has 7 nitrogen and oxygen atoms in total. The van der Waals surface area contributed by atoms with Crippen molar-refractivity contribution in [3.63, 3.8) is 0 Å². The van der Waals surface area contributed by atoms with E-state index in [1.807, 2.05) is 20.9 Å². The zero-order valence-electron chi connectivity index (χ0n) is 13.6. The first kappa shape index (κ1) is 15.8. The van der Waals surface area contributed by atoms with Crippen molar-refractivity contribution in [2.45, 2.75) is 26.4 Å². The average Bonchev–Trinajstić information content (AvgIpc) is 2.82. The van der Waals surface area contributed by atoms with Crippen molar-refractivity contribution >= 4 is 11.9 Å². The molecule has 1 N–H and O–H groups in total. The minimum atomic E-state index is 0.0405. The summed E-state index contributed by atoms with van der Waals surface area (Å²) in [6.45, 7) is 7.16. The van der Waals surface area contributed by atoms with E-state index in [0.717, 1.165) is 13.1 Å². The van der Waals surface area contributed by atoms with Crippen LogP contribution in [0.3, 0.4) is 0 Å². The lowest BCUT2D eigenvalue weighted by Gasteiger charge is -2.22. The second-order valence-corrected chi connectivity index (χ2v) is 5.96. The molecule has 1 aromatic heterocycles. The monoisotopic (exact) mass is 294 g/mol. The number of hydrogen-bond donors (Lipinski definition) is 1. The number of anilines is 2. The third-order valence-electron chi connectivity index (χ3n) is 3.53. The van der Waals surface area contributed by atoms with Crippen molar-refractivity contribution < 1.29 is 4.74 Å². The molecule has 0 aromatic carbocycles. The largest absolute Gasteiger partial charge is 0.461 e. The van der Waals surface area contributed by atoms with Gasteiger partial charge in [-0.25, -0.2) is 0 Å². The maximum atomic E-state index is 5.60. The van der Waals surface area contributed by atoms with Gasteiger partial charge in [0, 0.05) is 27.2 Å². The quantitative estimate of drug-likeness (QED) is 0.842. The Balaban J connectivity index is 2.09. The van der Waals surface area contributed by atoms with Crippen LogP contribution in [0.2, 0.25) is 0 Å². The summed E-state index contributed by atoms with van der Waals surface area (Å²) in [4.78, 5) is 17.5. The van der Waals surface area contributed by atoms with E-state index in [0.29, 0.717) is 23.8 Å². The van der Waals surface area contributed by atoms with Crippen LogP contribution < -0.4 is 15.0 Å². The molecule has 7 heteroatoms. The molecule has 0 radical (unpaired) electrons. The van der Waals surface area contributed by atoms with Crippen LogP contribution in [0.5, 0.6) is 6.01 Å². The van der Waals surface area contributed by atoms with Gasteiger partial charge in [0.25, 0.3) is 0 Å². The van der Waals surface area contributed by atoms with Crippen LogP contribution in [0.15, 0.2) is 0 Å². The fourth-order valence-electron chi connectivity index (χ4n) is 2.54. The van der Waals surface area contributed by atoms with Crippen LogP contribution in [0, 0.1) is 5.92 Å². The molecule has 0 amide bonds. The summed E-state index contributed by atoms with van der Waals surface area (Å²) in [5.41, 5.74) is 0. The maximum absolute atomic E-state index is 5.60. The number of ether oxygens (including phenoxy) is 1. The molecule has 2 heterocycles. The van der Waals surface area contributed by atoms with Crippen molar-refractivity contribution in [2.75, 3.05) is 51.0 Å². The molecule has 1 unspecified atom stereocenters. The van der Waals surface area contributed by atoms with Gasteiger partial charge >= 0.3 is 6.01 Å². The van der Waals surface area contributed by atoms with Gasteiger partial charge in [-0.3, -0.25) is 0 Å². The highest BCUT2D eigenvalue weighted by Gasteiger charge is 2.22. The number of aromatic nitrogens is 3. The van der Waals surface area contributed by atoms with Gasteiger partial charge in [0.2, 0.25) is 11.9 Å². The van der Waals surface area contributed by atoms with E-state index in [9.17, 15) is 0 Å². The zero-order chi connectivity index (χ0) is 15.4. The Morgan fingerprint density at radius 3 is 2.71 bits per heavy atom. The summed E-state index contributed by atoms with van der Waals surface area (Å²) in [6, 6.07) is 0.370. The van der Waals surface area contributed by atoms with E-state index in [1.54, 1.807) is 7.05 Å². The molecule has 1 atom stereocenters. The van der Waals surface area contributed by atoms with Crippen molar-refractivity contribution in [1.29, 1.82) is 0 Å². The van der Waals surface area contributed by atoms with Crippen molar-refractivity contribution in [2.24, 2.45) is 5.92 Å². The molecule has 0 saturated carbocycles. The highest BCUT2D eigenvalue weighted by Crippen LogP contribution is 2.19. The summed E-state index contributed by atoms with van der Waals surface area (Å²) in [5, 5.41) is 2.96. The Morgan fingerprint density at radius 1 is 1.38 bits per heavy atom. The molecule has 2 rings (SSSR count). The molecule has 1 aromatic rings. The SMILES string of the molecule is CNc1nc(OC(C)C)nc(N(C)CC2CCN(C)C2)n1. The van der Waals surface area contributed by atoms with Gasteiger partial charge in [0.1, 0.15) is 0 Å². The zero-order valence-corrected chi connectivity index (χ0v) is 13.6. The Bertz CT molecular complexity index is 467. The molecule has 0 spiro atoms. The topological polar surface area (TPSA) is 66.4 Å². The number of likely N-dealkylation sites (tertiary alicyclic amines) is 1. The predicted octanol–water partition coefficient (Wildman–Crippen LogP) is 1.09. The van der Waals surface area contributed by atoms with Gasteiger partial charge in [-0.15, -0.1) is 0 Å². The molecule has 0 bridgehead atoms. The first-order valence-electron chi connectivity index (χ1n) is 7.48. The summed E-state index contributed by atoms with van der Waals surface area (Å²) in [7, 11) is 5.98. The third kappa shape index (κ3) is 4.42. The van der Waals surface area contributed by atoms with Gasteiger partial charge in [0.05, 0.1) is 6.10 Å². The van der Waals surface area contributed by atoms with Crippen LogP contribution in [-0.2, 0) is 0 Å². The summed E-state index contributed by atoms with van der Waals surface area (Å²) in [6.07, 6.45) is 1.26. The molecular weight excluding hydrogens is 268 g/mol. The average molecular weight is 294 g/mol. The minimum absolute atomic E-state index is 0.0405. The van der Waals surface area contributed by atoms with Gasteiger partial charge < -0.3 is 19.9 Å². The van der Waals surface area contributed by atoms with E-state index in [-0.39, 0.29) is 6.10 Å². The molecule has 1 fully saturated rings. The number of rotatable bonds is 6. The lowest BCUT2D eigenvalue weighted by molar-refractivity contribution is 0.222. The van der Waals surface area contributed by atoms with Gasteiger partial charge in [-0.2, -0.15) is 15.0 Å². The fraction of sp³-hybridized carbons (Fsp3) is 0.786. The van der Waals surface area contributed by atoms with Crippen LogP contribution in [0.1, 0.15) is 20.3 Å². The summed E-state index contributed by atoms with van der Waals surface area (Å²) >= 11 is 0. The number of nitrogens with one attached hydrogen (secondary N) is 1. The molecule has 1 saturated heterocycles. The molecule has 118 valence electrons. The number of nitrogens with zero attached hydrogens (tertiary/aromatic N) is 5. The lowest BCUT2D eigenvalue weighted by atomic mass is 10.1. The van der Waals surface area contributed by atoms with E-state index in [4.69, 9.17) is 4.74 Å². The molecule has 21 heavy (non-hydrogen) atoms. The van der Waals surface area contributed by atoms with Crippen LogP contribution in [-0.4, -0.2) is 66.7 Å². The van der Waals surface area contributed by atoms with Crippen LogP contribution in [0.25, 0.3) is 0 Å². The van der Waals surface area contributed by atoms with Crippen molar-refractivity contribution in [1.82, 2.24) is 19.9 Å². The normalized spacial score (nSPS) is 19.0. The first-order valence-corrected chi connectivity index (χ1v) is 7.48. The van der Waals surface area contributed by atoms with Crippen molar-refractivity contribution in [3.8, 4) is 6.01 Å². The molecular formula is C14H26N6O. The summed E-state index contributed by atoms with van der Waals surface area (Å²) < 4.78 is 5.60. The Morgan fingerprint density at radius 2 is 2.14 bits per heavy atom. The standard InChI is InChI=1S/C14H26N6O/c1-10(2)21-14-17-12(15-3)16-13(18-14)20(5)9-11-6-7-19(4)8-11/h10-11H,6-9H2,1-5H3,(H,15,16,17,18). The Hall–Kier alpha value is -1.63. The summed E-state index contributed by atoms with van der Waals surface area (Å²) in [5.74, 6) is 1.84. The van der Waals surface area contributed by atoms with Gasteiger partial charge in [-0.05, 0) is 39.8 Å². The van der Waals surface area contributed by atoms with E-state index in [1.165, 1.54) is 13.0 Å². The highest BCUT2D eigenvalue weighted by molar-refractivity contribution is 5.37. The van der Waals surface area contributed by atoms with Gasteiger partial charge in [-0.1, -0.05) is 0 Å².